The summed E-state index contributed by atoms with van der Waals surface area (Å²) in [4.78, 5) is 12.5. The average molecular weight is 348 g/mol. The van der Waals surface area contributed by atoms with Gasteiger partial charge in [0.05, 0.1) is 16.7 Å². The van der Waals surface area contributed by atoms with Crippen LogP contribution < -0.4 is 0 Å². The molecule has 0 aliphatic carbocycles. The molecule has 0 saturated carbocycles. The number of hydrogen-bond donors (Lipinski definition) is 0. The SMILES string of the molecule is CCC(C)CC(=O)C(C)C(CS(=O)c1ccccc1)C(F)(F)F. The molecule has 0 amide bonds. The van der Waals surface area contributed by atoms with Gasteiger partial charge in [0.2, 0.25) is 0 Å². The first-order valence-corrected chi connectivity index (χ1v) is 9.01. The van der Waals surface area contributed by atoms with Crippen molar-refractivity contribution in [2.45, 2.75) is 44.7 Å². The maximum absolute atomic E-state index is 13.3. The van der Waals surface area contributed by atoms with E-state index in [1.807, 2.05) is 13.8 Å². The monoisotopic (exact) mass is 348 g/mol. The maximum Gasteiger partial charge on any atom is 0.393 e. The zero-order valence-electron chi connectivity index (χ0n) is 13.6. The highest BCUT2D eigenvalue weighted by Crippen LogP contribution is 2.35. The van der Waals surface area contributed by atoms with Gasteiger partial charge >= 0.3 is 6.18 Å². The molecule has 0 saturated heterocycles. The Bertz CT molecular complexity index is 528. The van der Waals surface area contributed by atoms with Crippen LogP contribution in [0.4, 0.5) is 13.2 Å². The Morgan fingerprint density at radius 3 is 2.22 bits per heavy atom. The summed E-state index contributed by atoms with van der Waals surface area (Å²) in [7, 11) is -1.78. The minimum absolute atomic E-state index is 0.0541. The van der Waals surface area contributed by atoms with Crippen molar-refractivity contribution in [3.63, 3.8) is 0 Å². The van der Waals surface area contributed by atoms with Gasteiger partial charge in [-0.3, -0.25) is 9.00 Å². The van der Waals surface area contributed by atoms with Crippen LogP contribution in [0.25, 0.3) is 0 Å². The number of carbonyl (C=O) groups is 1. The molecule has 1 aromatic rings. The molecule has 0 heterocycles. The quantitative estimate of drug-likeness (QED) is 0.687. The third-order valence-electron chi connectivity index (χ3n) is 4.12. The molecule has 2 nitrogen and oxygen atoms in total. The lowest BCUT2D eigenvalue weighted by molar-refractivity contribution is -0.183. The van der Waals surface area contributed by atoms with Crippen LogP contribution in [-0.2, 0) is 15.6 Å². The van der Waals surface area contributed by atoms with Crippen LogP contribution in [0.15, 0.2) is 35.2 Å². The lowest BCUT2D eigenvalue weighted by Gasteiger charge is -2.26. The predicted molar refractivity (Wildman–Crippen MR) is 85.5 cm³/mol. The van der Waals surface area contributed by atoms with E-state index < -0.39 is 40.3 Å². The number of ketones is 1. The van der Waals surface area contributed by atoms with Gasteiger partial charge in [-0.15, -0.1) is 0 Å². The molecule has 0 spiro atoms. The molecule has 0 N–H and O–H groups in total. The Morgan fingerprint density at radius 1 is 1.17 bits per heavy atom. The second-order valence-corrected chi connectivity index (χ2v) is 7.44. The summed E-state index contributed by atoms with van der Waals surface area (Å²) in [5.41, 5.74) is 0. The van der Waals surface area contributed by atoms with Crippen molar-refractivity contribution in [1.29, 1.82) is 0 Å². The highest BCUT2D eigenvalue weighted by atomic mass is 32.2. The first-order chi connectivity index (χ1) is 10.7. The summed E-state index contributed by atoms with van der Waals surface area (Å²) >= 11 is 0. The van der Waals surface area contributed by atoms with Crippen molar-refractivity contribution < 1.29 is 22.2 Å². The fourth-order valence-electron chi connectivity index (χ4n) is 2.25. The van der Waals surface area contributed by atoms with Crippen LogP contribution in [0.3, 0.4) is 0 Å². The number of alkyl halides is 3. The summed E-state index contributed by atoms with van der Waals surface area (Å²) in [6.07, 6.45) is -3.68. The van der Waals surface area contributed by atoms with Gasteiger partial charge in [0, 0.05) is 23.0 Å². The highest BCUT2D eigenvalue weighted by molar-refractivity contribution is 7.85. The van der Waals surface area contributed by atoms with E-state index in [9.17, 15) is 22.2 Å². The molecule has 23 heavy (non-hydrogen) atoms. The van der Waals surface area contributed by atoms with Crippen LogP contribution in [0.2, 0.25) is 0 Å². The molecule has 1 rings (SSSR count). The van der Waals surface area contributed by atoms with Gasteiger partial charge in [0.15, 0.2) is 0 Å². The van der Waals surface area contributed by atoms with E-state index in [2.05, 4.69) is 0 Å². The molecule has 0 aliphatic rings. The minimum Gasteiger partial charge on any atom is -0.299 e. The number of carbonyl (C=O) groups excluding carboxylic acids is 1. The second-order valence-electron chi connectivity index (χ2n) is 5.95. The highest BCUT2D eigenvalue weighted by Gasteiger charge is 2.46. The first-order valence-electron chi connectivity index (χ1n) is 7.69. The molecular weight excluding hydrogens is 325 g/mol. The third-order valence-corrected chi connectivity index (χ3v) is 5.58. The first kappa shape index (κ1) is 19.9. The van der Waals surface area contributed by atoms with Gasteiger partial charge in [-0.25, -0.2) is 0 Å². The normalized spacial score (nSPS) is 17.3. The fourth-order valence-corrected chi connectivity index (χ4v) is 3.71. The van der Waals surface area contributed by atoms with Crippen LogP contribution >= 0.6 is 0 Å². The van der Waals surface area contributed by atoms with Crippen LogP contribution in [-0.4, -0.2) is 21.9 Å². The van der Waals surface area contributed by atoms with Crippen molar-refractivity contribution in [1.82, 2.24) is 0 Å². The van der Waals surface area contributed by atoms with E-state index in [1.165, 1.54) is 19.1 Å². The van der Waals surface area contributed by atoms with Gasteiger partial charge in [0.25, 0.3) is 0 Å². The Balaban J connectivity index is 2.89. The molecule has 0 radical (unpaired) electrons. The van der Waals surface area contributed by atoms with Gasteiger partial charge in [-0.2, -0.15) is 13.2 Å². The fraction of sp³-hybridized carbons (Fsp3) is 0.588. The van der Waals surface area contributed by atoms with Crippen LogP contribution in [0.5, 0.6) is 0 Å². The zero-order chi connectivity index (χ0) is 17.6. The number of halogens is 3. The van der Waals surface area contributed by atoms with Gasteiger partial charge in [0.1, 0.15) is 5.78 Å². The lowest BCUT2D eigenvalue weighted by Crippen LogP contribution is -2.37. The maximum atomic E-state index is 13.3. The second kappa shape index (κ2) is 8.62. The van der Waals surface area contributed by atoms with Gasteiger partial charge < -0.3 is 0 Å². The molecular formula is C17H23F3O2S. The number of hydrogen-bond acceptors (Lipinski definition) is 2. The van der Waals surface area contributed by atoms with E-state index in [-0.39, 0.29) is 12.3 Å². The van der Waals surface area contributed by atoms with E-state index in [4.69, 9.17) is 0 Å². The predicted octanol–water partition coefficient (Wildman–Crippen LogP) is 4.61. The van der Waals surface area contributed by atoms with Crippen molar-refractivity contribution >= 4 is 16.6 Å². The van der Waals surface area contributed by atoms with Crippen LogP contribution in [0, 0.1) is 17.8 Å². The summed E-state index contributed by atoms with van der Waals surface area (Å²) in [5, 5.41) is 0. The molecule has 0 fully saturated rings. The Morgan fingerprint density at radius 2 is 1.74 bits per heavy atom. The Hall–Kier alpha value is -1.17. The van der Waals surface area contributed by atoms with Gasteiger partial charge in [-0.05, 0) is 18.1 Å². The van der Waals surface area contributed by atoms with E-state index >= 15 is 0 Å². The lowest BCUT2D eigenvalue weighted by atomic mass is 9.86. The smallest absolute Gasteiger partial charge is 0.299 e. The third kappa shape index (κ3) is 6.09. The molecule has 0 aromatic heterocycles. The molecule has 0 bridgehead atoms. The number of rotatable bonds is 8. The van der Waals surface area contributed by atoms with E-state index in [1.54, 1.807) is 18.2 Å². The summed E-state index contributed by atoms with van der Waals surface area (Å²) in [5.74, 6) is -4.01. The van der Waals surface area contributed by atoms with Crippen molar-refractivity contribution in [3.05, 3.63) is 30.3 Å². The van der Waals surface area contributed by atoms with Crippen molar-refractivity contribution in [3.8, 4) is 0 Å². The topological polar surface area (TPSA) is 34.1 Å². The Labute approximate surface area is 137 Å². The minimum atomic E-state index is -4.55. The molecule has 6 heteroatoms. The number of Topliss-reactive ketones (excluding diaryl/α,β-unsaturated/α-hetero) is 1. The van der Waals surface area contributed by atoms with Gasteiger partial charge in [-0.1, -0.05) is 45.4 Å². The standard InChI is InChI=1S/C17H23F3O2S/c1-4-12(2)10-16(21)13(3)15(17(18,19)20)11-23(22)14-8-6-5-7-9-14/h5-9,12-13,15H,4,10-11H2,1-3H3. The molecule has 130 valence electrons. The van der Waals surface area contributed by atoms with Crippen molar-refractivity contribution in [2.75, 3.05) is 5.75 Å². The zero-order valence-corrected chi connectivity index (χ0v) is 14.4. The van der Waals surface area contributed by atoms with Crippen LogP contribution in [0.1, 0.15) is 33.6 Å². The summed E-state index contributed by atoms with van der Waals surface area (Å²) in [6, 6.07) is 8.05. The summed E-state index contributed by atoms with van der Waals surface area (Å²) in [6.45, 7) is 5.04. The largest absolute Gasteiger partial charge is 0.393 e. The van der Waals surface area contributed by atoms with Crippen molar-refractivity contribution in [2.24, 2.45) is 17.8 Å². The molecule has 1 aromatic carbocycles. The number of benzene rings is 1. The molecule has 4 atom stereocenters. The molecule has 4 unspecified atom stereocenters. The van der Waals surface area contributed by atoms with E-state index in [0.29, 0.717) is 4.90 Å². The van der Waals surface area contributed by atoms with E-state index in [0.717, 1.165) is 6.42 Å². The Kier molecular flexibility index (Phi) is 7.45. The average Bonchev–Trinajstić information content (AvgIpc) is 2.51. The molecule has 0 aliphatic heterocycles. The summed E-state index contributed by atoms with van der Waals surface area (Å²) < 4.78 is 52.2.